The molecule has 1 atom stereocenters. The Morgan fingerprint density at radius 3 is 2.37 bits per heavy atom. The number of hydrogen-bond acceptors (Lipinski definition) is 3. The molecule has 0 aliphatic rings. The van der Waals surface area contributed by atoms with Crippen LogP contribution < -0.4 is 11.1 Å². The topological polar surface area (TPSA) is 55.1 Å². The van der Waals surface area contributed by atoms with Crippen LogP contribution in [-0.2, 0) is 0 Å². The molecule has 1 heterocycles. The molecule has 0 saturated carbocycles. The van der Waals surface area contributed by atoms with Gasteiger partial charge in [0, 0.05) is 10.4 Å². The van der Waals surface area contributed by atoms with E-state index in [4.69, 9.17) is 5.73 Å². The molecule has 3 rings (SSSR count). The zero-order valence-electron chi connectivity index (χ0n) is 16.2. The van der Waals surface area contributed by atoms with E-state index in [1.807, 2.05) is 41.8 Å². The van der Waals surface area contributed by atoms with Crippen molar-refractivity contribution in [3.63, 3.8) is 0 Å². The highest BCUT2D eigenvalue weighted by Gasteiger charge is 2.23. The molecule has 140 valence electrons. The van der Waals surface area contributed by atoms with E-state index in [-0.39, 0.29) is 5.91 Å². The first-order valence-corrected chi connectivity index (χ1v) is 13.6. The van der Waals surface area contributed by atoms with Gasteiger partial charge in [-0.15, -0.1) is 11.3 Å². The number of carbonyl (C=O) groups is 1. The van der Waals surface area contributed by atoms with Crippen molar-refractivity contribution in [3.05, 3.63) is 71.1 Å². The molecule has 3 nitrogen and oxygen atoms in total. The van der Waals surface area contributed by atoms with Gasteiger partial charge >= 0.3 is 0 Å². The van der Waals surface area contributed by atoms with E-state index < -0.39 is 8.07 Å². The number of benzene rings is 2. The first kappa shape index (κ1) is 19.4. The van der Waals surface area contributed by atoms with Crippen molar-refractivity contribution < 1.29 is 4.79 Å². The third-order valence-electron chi connectivity index (χ3n) is 5.08. The van der Waals surface area contributed by atoms with Crippen LogP contribution in [0, 0.1) is 0 Å². The van der Waals surface area contributed by atoms with Crippen LogP contribution in [0.1, 0.15) is 28.4 Å². The fourth-order valence-electron chi connectivity index (χ4n) is 2.88. The summed E-state index contributed by atoms with van der Waals surface area (Å²) in [5.74, 6) is -0.141. The highest BCUT2D eigenvalue weighted by atomic mass is 32.1. The van der Waals surface area contributed by atoms with Gasteiger partial charge in [0.05, 0.1) is 19.4 Å². The molecule has 0 fully saturated rings. The lowest BCUT2D eigenvalue weighted by atomic mass is 10.1. The number of nitrogen functional groups attached to an aromatic ring is 1. The van der Waals surface area contributed by atoms with Crippen LogP contribution in [0.4, 0.5) is 11.4 Å². The highest BCUT2D eigenvalue weighted by molar-refractivity contribution is 7.13. The molecule has 0 aliphatic heterocycles. The zero-order valence-corrected chi connectivity index (χ0v) is 18.1. The van der Waals surface area contributed by atoms with Crippen LogP contribution in [0.5, 0.6) is 0 Å². The predicted molar refractivity (Wildman–Crippen MR) is 120 cm³/mol. The van der Waals surface area contributed by atoms with Gasteiger partial charge in [0.2, 0.25) is 0 Å². The van der Waals surface area contributed by atoms with Gasteiger partial charge in [0.1, 0.15) is 0 Å². The minimum absolute atomic E-state index is 0.141. The Kier molecular flexibility index (Phi) is 5.53. The summed E-state index contributed by atoms with van der Waals surface area (Å²) in [5, 5.41) is 4.99. The second kappa shape index (κ2) is 7.70. The second-order valence-corrected chi connectivity index (χ2v) is 14.5. The Balaban J connectivity index is 1.79. The van der Waals surface area contributed by atoms with Crippen LogP contribution in [0.25, 0.3) is 10.4 Å². The SMILES string of the molecule is CC(c1ccc(C(=O)Nc2cc(-c3cccs3)ccc2N)cc1)[Si](C)(C)C. The Morgan fingerprint density at radius 1 is 1.07 bits per heavy atom. The normalized spacial score (nSPS) is 12.6. The van der Waals surface area contributed by atoms with E-state index >= 15 is 0 Å². The molecule has 0 saturated heterocycles. The lowest BCUT2D eigenvalue weighted by Gasteiger charge is -2.25. The second-order valence-electron chi connectivity index (χ2n) is 7.94. The van der Waals surface area contributed by atoms with Crippen molar-refractivity contribution in [3.8, 4) is 10.4 Å². The van der Waals surface area contributed by atoms with Gasteiger partial charge in [-0.1, -0.05) is 50.8 Å². The van der Waals surface area contributed by atoms with Crippen molar-refractivity contribution in [2.45, 2.75) is 32.1 Å². The molecule has 0 aliphatic carbocycles. The Labute approximate surface area is 166 Å². The van der Waals surface area contributed by atoms with E-state index in [2.05, 4.69) is 50.1 Å². The fourth-order valence-corrected chi connectivity index (χ4v) is 4.79. The van der Waals surface area contributed by atoms with Crippen LogP contribution in [0.2, 0.25) is 19.6 Å². The standard InChI is InChI=1S/C22H26N2OSSi/c1-15(27(2,3)4)16-7-9-17(10-8-16)22(25)24-20-14-18(11-12-19(20)23)21-6-5-13-26-21/h5-15H,23H2,1-4H3,(H,24,25). The fraction of sp³-hybridized carbons (Fsp3) is 0.227. The number of thiophene rings is 1. The number of carbonyl (C=O) groups excluding carboxylic acids is 1. The number of hydrogen-bond donors (Lipinski definition) is 2. The number of nitrogens with one attached hydrogen (secondary N) is 1. The minimum Gasteiger partial charge on any atom is -0.397 e. The Bertz CT molecular complexity index is 928. The Morgan fingerprint density at radius 2 is 1.78 bits per heavy atom. The number of amides is 1. The summed E-state index contributed by atoms with van der Waals surface area (Å²) in [4.78, 5) is 13.8. The predicted octanol–water partition coefficient (Wildman–Crippen LogP) is 6.23. The van der Waals surface area contributed by atoms with Crippen molar-refractivity contribution in [1.82, 2.24) is 0 Å². The molecular formula is C22H26N2OSSi. The van der Waals surface area contributed by atoms with Crippen molar-refractivity contribution in [1.29, 1.82) is 0 Å². The summed E-state index contributed by atoms with van der Waals surface area (Å²) in [6.45, 7) is 9.36. The minimum atomic E-state index is -1.26. The van der Waals surface area contributed by atoms with Crippen LogP contribution >= 0.6 is 11.3 Å². The van der Waals surface area contributed by atoms with Gasteiger partial charge in [-0.05, 0) is 52.4 Å². The third-order valence-corrected chi connectivity index (χ3v) is 8.93. The average molecular weight is 395 g/mol. The average Bonchev–Trinajstić information content (AvgIpc) is 3.17. The maximum atomic E-state index is 12.7. The molecule has 0 radical (unpaired) electrons. The zero-order chi connectivity index (χ0) is 19.6. The maximum Gasteiger partial charge on any atom is 0.255 e. The van der Waals surface area contributed by atoms with E-state index in [0.717, 1.165) is 10.4 Å². The number of nitrogens with two attached hydrogens (primary N) is 1. The molecule has 27 heavy (non-hydrogen) atoms. The van der Waals surface area contributed by atoms with E-state index in [9.17, 15) is 4.79 Å². The summed E-state index contributed by atoms with van der Waals surface area (Å²) < 4.78 is 0. The monoisotopic (exact) mass is 394 g/mol. The molecule has 3 aromatic rings. The smallest absolute Gasteiger partial charge is 0.255 e. The molecule has 0 bridgehead atoms. The lowest BCUT2D eigenvalue weighted by molar-refractivity contribution is 0.102. The summed E-state index contributed by atoms with van der Waals surface area (Å²) in [6.07, 6.45) is 0. The number of rotatable bonds is 5. The summed E-state index contributed by atoms with van der Waals surface area (Å²) in [7, 11) is -1.26. The van der Waals surface area contributed by atoms with Gasteiger partial charge in [0.25, 0.3) is 5.91 Å². The van der Waals surface area contributed by atoms with E-state index in [1.54, 1.807) is 11.3 Å². The van der Waals surface area contributed by atoms with Crippen LogP contribution in [0.3, 0.4) is 0 Å². The Hall–Kier alpha value is -2.37. The van der Waals surface area contributed by atoms with Crippen molar-refractivity contribution >= 4 is 36.7 Å². The van der Waals surface area contributed by atoms with Crippen LogP contribution in [0.15, 0.2) is 60.0 Å². The van der Waals surface area contributed by atoms with Gasteiger partial charge in [-0.3, -0.25) is 4.79 Å². The molecule has 5 heteroatoms. The van der Waals surface area contributed by atoms with E-state index in [1.165, 1.54) is 5.56 Å². The first-order valence-electron chi connectivity index (χ1n) is 9.10. The molecular weight excluding hydrogens is 368 g/mol. The third kappa shape index (κ3) is 4.49. The molecule has 0 spiro atoms. The molecule has 1 aromatic heterocycles. The maximum absolute atomic E-state index is 12.7. The van der Waals surface area contributed by atoms with Crippen molar-refractivity contribution in [2.75, 3.05) is 11.1 Å². The quantitative estimate of drug-likeness (QED) is 0.398. The molecule has 1 unspecified atom stereocenters. The van der Waals surface area contributed by atoms with Gasteiger partial charge < -0.3 is 11.1 Å². The van der Waals surface area contributed by atoms with Gasteiger partial charge in [-0.2, -0.15) is 0 Å². The molecule has 3 N–H and O–H groups in total. The molecule has 2 aromatic carbocycles. The summed E-state index contributed by atoms with van der Waals surface area (Å²) in [6, 6.07) is 17.8. The summed E-state index contributed by atoms with van der Waals surface area (Å²) >= 11 is 1.66. The highest BCUT2D eigenvalue weighted by Crippen LogP contribution is 2.31. The first-order chi connectivity index (χ1) is 12.8. The van der Waals surface area contributed by atoms with Gasteiger partial charge in [0.15, 0.2) is 0 Å². The summed E-state index contributed by atoms with van der Waals surface area (Å²) in [5.41, 5.74) is 10.8. The largest absolute Gasteiger partial charge is 0.397 e. The molecule has 1 amide bonds. The van der Waals surface area contributed by atoms with E-state index in [0.29, 0.717) is 22.5 Å². The van der Waals surface area contributed by atoms with Crippen LogP contribution in [-0.4, -0.2) is 14.0 Å². The van der Waals surface area contributed by atoms with Gasteiger partial charge in [-0.25, -0.2) is 0 Å². The van der Waals surface area contributed by atoms with Crippen molar-refractivity contribution in [2.24, 2.45) is 0 Å². The number of anilines is 2. The lowest BCUT2D eigenvalue weighted by Crippen LogP contribution is -2.28.